The molecule has 0 amide bonds. The monoisotopic (exact) mass is 373 g/mol. The lowest BCUT2D eigenvalue weighted by atomic mass is 10.1. The largest absolute Gasteiger partial charge is 0.328 e. The van der Waals surface area contributed by atoms with E-state index in [1.54, 1.807) is 0 Å². The van der Waals surface area contributed by atoms with Gasteiger partial charge in [0.1, 0.15) is 11.7 Å². The summed E-state index contributed by atoms with van der Waals surface area (Å²) >= 11 is 0. The molecule has 28 heavy (non-hydrogen) atoms. The number of rotatable bonds is 7. The predicted molar refractivity (Wildman–Crippen MR) is 121 cm³/mol. The molecular formula is C25H31N3. The fourth-order valence-electron chi connectivity index (χ4n) is 3.54. The zero-order valence-corrected chi connectivity index (χ0v) is 17.3. The Morgan fingerprint density at radius 3 is 1.93 bits per heavy atom. The molecule has 3 heteroatoms. The zero-order chi connectivity index (χ0) is 19.8. The zero-order valence-electron chi connectivity index (χ0n) is 17.3. The van der Waals surface area contributed by atoms with Crippen LogP contribution < -0.4 is 5.32 Å². The Hall–Kier alpha value is -2.68. The minimum Gasteiger partial charge on any atom is -0.328 e. The van der Waals surface area contributed by atoms with Gasteiger partial charge in [-0.2, -0.15) is 0 Å². The number of hydrogen-bond donors (Lipinski definition) is 1. The van der Waals surface area contributed by atoms with Crippen LogP contribution >= 0.6 is 0 Å². The molecule has 146 valence electrons. The van der Waals surface area contributed by atoms with Crippen LogP contribution in [0.1, 0.15) is 57.6 Å². The highest BCUT2D eigenvalue weighted by Crippen LogP contribution is 2.24. The van der Waals surface area contributed by atoms with E-state index in [2.05, 4.69) is 80.7 Å². The third-order valence-corrected chi connectivity index (χ3v) is 5.00. The fourth-order valence-corrected chi connectivity index (χ4v) is 3.54. The first-order valence-corrected chi connectivity index (χ1v) is 10.5. The van der Waals surface area contributed by atoms with Crippen LogP contribution in [-0.4, -0.2) is 11.7 Å². The second-order valence-corrected chi connectivity index (χ2v) is 7.19. The highest BCUT2D eigenvalue weighted by Gasteiger charge is 2.15. The first kappa shape index (κ1) is 20.1. The second-order valence-electron chi connectivity index (χ2n) is 7.19. The number of benzene rings is 2. The summed E-state index contributed by atoms with van der Waals surface area (Å²) in [7, 11) is 0. The van der Waals surface area contributed by atoms with Crippen molar-refractivity contribution >= 4 is 23.0 Å². The summed E-state index contributed by atoms with van der Waals surface area (Å²) in [4.78, 5) is 9.93. The van der Waals surface area contributed by atoms with E-state index in [1.165, 1.54) is 16.7 Å². The SMILES string of the molecule is CCCc1ccccc1N=C1CC=C(CC)C(=Nc2ccccc2CCC)N1. The Bertz CT molecular complexity index is 890. The molecule has 2 aromatic carbocycles. The van der Waals surface area contributed by atoms with Crippen LogP contribution in [0.4, 0.5) is 11.4 Å². The average molecular weight is 374 g/mol. The Labute approximate surface area is 169 Å². The minimum atomic E-state index is 0.819. The minimum absolute atomic E-state index is 0.819. The van der Waals surface area contributed by atoms with Crippen LogP contribution in [0.3, 0.4) is 0 Å². The molecule has 0 aromatic heterocycles. The molecule has 2 aromatic rings. The highest BCUT2D eigenvalue weighted by atomic mass is 15.1. The molecule has 0 aliphatic carbocycles. The summed E-state index contributed by atoms with van der Waals surface area (Å²) < 4.78 is 0. The van der Waals surface area contributed by atoms with Crippen molar-refractivity contribution in [2.45, 2.75) is 59.3 Å². The lowest BCUT2D eigenvalue weighted by Crippen LogP contribution is -2.34. The third-order valence-electron chi connectivity index (χ3n) is 5.00. The quantitative estimate of drug-likeness (QED) is 0.577. The Morgan fingerprint density at radius 1 is 0.786 bits per heavy atom. The van der Waals surface area contributed by atoms with Gasteiger partial charge in [0, 0.05) is 6.42 Å². The van der Waals surface area contributed by atoms with E-state index in [0.717, 1.165) is 61.6 Å². The van der Waals surface area contributed by atoms with Gasteiger partial charge in [-0.1, -0.05) is 76.1 Å². The van der Waals surface area contributed by atoms with Gasteiger partial charge in [-0.15, -0.1) is 0 Å². The second kappa shape index (κ2) is 10.0. The van der Waals surface area contributed by atoms with Crippen molar-refractivity contribution in [2.24, 2.45) is 9.98 Å². The van der Waals surface area contributed by atoms with Gasteiger partial charge in [-0.25, -0.2) is 9.98 Å². The molecular weight excluding hydrogens is 342 g/mol. The number of aryl methyl sites for hydroxylation is 2. The molecule has 3 nitrogen and oxygen atoms in total. The maximum absolute atomic E-state index is 5.00. The van der Waals surface area contributed by atoms with Crippen LogP contribution in [0.15, 0.2) is 70.2 Å². The summed E-state index contributed by atoms with van der Waals surface area (Å²) in [6.45, 7) is 6.59. The first-order valence-electron chi connectivity index (χ1n) is 10.5. The van der Waals surface area contributed by atoms with E-state index >= 15 is 0 Å². The number of para-hydroxylation sites is 2. The van der Waals surface area contributed by atoms with E-state index in [9.17, 15) is 0 Å². The molecule has 0 saturated carbocycles. The van der Waals surface area contributed by atoms with Crippen LogP contribution in [0, 0.1) is 0 Å². The lowest BCUT2D eigenvalue weighted by Gasteiger charge is -2.20. The Kier molecular flexibility index (Phi) is 7.18. The van der Waals surface area contributed by atoms with Crippen LogP contribution in [0.25, 0.3) is 0 Å². The van der Waals surface area contributed by atoms with Crippen LogP contribution in [0.5, 0.6) is 0 Å². The maximum Gasteiger partial charge on any atom is 0.134 e. The van der Waals surface area contributed by atoms with Crippen molar-refractivity contribution in [2.75, 3.05) is 0 Å². The molecule has 1 aliphatic rings. The van der Waals surface area contributed by atoms with Crippen molar-refractivity contribution in [3.05, 3.63) is 71.3 Å². The standard InChI is InChI=1S/C25H31N3/c1-4-11-20-13-7-9-15-22(20)26-24-18-17-19(6-3)25(28-24)27-23-16-10-8-14-21(23)12-5-2/h7-10,13-17H,4-6,11-12,18H2,1-3H3,(H,26,27,28). The smallest absolute Gasteiger partial charge is 0.134 e. The van der Waals surface area contributed by atoms with Gasteiger partial charge in [0.15, 0.2) is 0 Å². The van der Waals surface area contributed by atoms with Gasteiger partial charge < -0.3 is 5.32 Å². The maximum atomic E-state index is 5.00. The van der Waals surface area contributed by atoms with Crippen molar-refractivity contribution in [1.82, 2.24) is 5.32 Å². The molecule has 0 saturated heterocycles. The van der Waals surface area contributed by atoms with Crippen molar-refractivity contribution in [1.29, 1.82) is 0 Å². The average Bonchev–Trinajstić information content (AvgIpc) is 2.72. The van der Waals surface area contributed by atoms with Crippen molar-refractivity contribution in [3.63, 3.8) is 0 Å². The summed E-state index contributed by atoms with van der Waals surface area (Å²) in [5.41, 5.74) is 5.97. The van der Waals surface area contributed by atoms with Gasteiger partial charge in [-0.05, 0) is 48.1 Å². The van der Waals surface area contributed by atoms with Crippen LogP contribution in [-0.2, 0) is 12.8 Å². The molecule has 1 aliphatic heterocycles. The van der Waals surface area contributed by atoms with Gasteiger partial charge in [-0.3, -0.25) is 0 Å². The number of hydrogen-bond acceptors (Lipinski definition) is 2. The van der Waals surface area contributed by atoms with Gasteiger partial charge >= 0.3 is 0 Å². The number of nitrogens with zero attached hydrogens (tertiary/aromatic N) is 2. The number of amidine groups is 2. The van der Waals surface area contributed by atoms with E-state index in [1.807, 2.05) is 0 Å². The van der Waals surface area contributed by atoms with Gasteiger partial charge in [0.2, 0.25) is 0 Å². The molecule has 0 atom stereocenters. The number of aliphatic imine (C=N–C) groups is 2. The van der Waals surface area contributed by atoms with E-state index in [0.29, 0.717) is 0 Å². The number of nitrogens with one attached hydrogen (secondary N) is 1. The molecule has 0 bridgehead atoms. The molecule has 1 N–H and O–H groups in total. The lowest BCUT2D eigenvalue weighted by molar-refractivity contribution is 0.920. The molecule has 0 unspecified atom stereocenters. The highest BCUT2D eigenvalue weighted by molar-refractivity contribution is 6.13. The van der Waals surface area contributed by atoms with Crippen LogP contribution in [0.2, 0.25) is 0 Å². The summed E-state index contributed by atoms with van der Waals surface area (Å²) in [6.07, 6.45) is 8.38. The summed E-state index contributed by atoms with van der Waals surface area (Å²) in [5.74, 6) is 1.90. The predicted octanol–water partition coefficient (Wildman–Crippen LogP) is 6.68. The molecule has 1 heterocycles. The third kappa shape index (κ3) is 4.98. The van der Waals surface area contributed by atoms with Crippen molar-refractivity contribution < 1.29 is 0 Å². The Morgan fingerprint density at radius 2 is 1.36 bits per heavy atom. The Balaban J connectivity index is 1.93. The van der Waals surface area contributed by atoms with Gasteiger partial charge in [0.25, 0.3) is 0 Å². The summed E-state index contributed by atoms with van der Waals surface area (Å²) in [5, 5.41) is 3.52. The van der Waals surface area contributed by atoms with E-state index in [-0.39, 0.29) is 0 Å². The molecule has 0 fully saturated rings. The van der Waals surface area contributed by atoms with E-state index < -0.39 is 0 Å². The van der Waals surface area contributed by atoms with Crippen molar-refractivity contribution in [3.8, 4) is 0 Å². The first-order chi connectivity index (χ1) is 13.7. The fraction of sp³-hybridized carbons (Fsp3) is 0.360. The topological polar surface area (TPSA) is 36.8 Å². The molecule has 0 radical (unpaired) electrons. The van der Waals surface area contributed by atoms with Gasteiger partial charge in [0.05, 0.1) is 11.4 Å². The van der Waals surface area contributed by atoms with E-state index in [4.69, 9.17) is 9.98 Å². The normalized spacial score (nSPS) is 16.9. The molecule has 3 rings (SSSR count). The molecule has 0 spiro atoms. The summed E-state index contributed by atoms with van der Waals surface area (Å²) in [6, 6.07) is 16.9.